The number of nitrogens with one attached hydrogen (secondary N) is 1. The molecule has 0 aromatic carbocycles. The molecular weight excluding hydrogens is 168 g/mol. The first kappa shape index (κ1) is 7.69. The van der Waals surface area contributed by atoms with Crippen molar-refractivity contribution in [1.29, 1.82) is 5.41 Å². The van der Waals surface area contributed by atoms with Crippen LogP contribution in [0.1, 0.15) is 13.8 Å². The molecule has 0 aromatic rings. The Morgan fingerprint density at radius 2 is 1.88 bits per heavy atom. The first-order valence-corrected chi connectivity index (χ1v) is 3.02. The van der Waals surface area contributed by atoms with Crippen molar-refractivity contribution in [2.24, 2.45) is 5.73 Å². The molecule has 0 saturated carbocycles. The summed E-state index contributed by atoms with van der Waals surface area (Å²) in [5.41, 5.74) is 6.44. The van der Waals surface area contributed by atoms with E-state index in [2.05, 4.69) is 15.9 Å². The number of hydrogen-bond acceptors (Lipinski definition) is 2. The zero-order chi connectivity index (χ0) is 6.73. The Bertz CT molecular complexity index is 133. The van der Waals surface area contributed by atoms with Crippen molar-refractivity contribution < 1.29 is 0 Å². The first-order valence-electron chi connectivity index (χ1n) is 2.23. The van der Waals surface area contributed by atoms with Gasteiger partial charge in [0.25, 0.3) is 0 Å². The van der Waals surface area contributed by atoms with Crippen molar-refractivity contribution in [1.82, 2.24) is 0 Å². The summed E-state index contributed by atoms with van der Waals surface area (Å²) in [6.07, 6.45) is 0. The highest BCUT2D eigenvalue weighted by molar-refractivity contribution is 9.12. The van der Waals surface area contributed by atoms with Crippen LogP contribution < -0.4 is 5.73 Å². The Kier molecular flexibility index (Phi) is 2.76. The highest BCUT2D eigenvalue weighted by atomic mass is 79.9. The summed E-state index contributed by atoms with van der Waals surface area (Å²) in [4.78, 5) is 0. The van der Waals surface area contributed by atoms with Gasteiger partial charge >= 0.3 is 0 Å². The van der Waals surface area contributed by atoms with Crippen LogP contribution in [0.25, 0.3) is 0 Å². The van der Waals surface area contributed by atoms with Crippen molar-refractivity contribution in [3.05, 3.63) is 10.2 Å². The van der Waals surface area contributed by atoms with Gasteiger partial charge in [-0.15, -0.1) is 0 Å². The fourth-order valence-electron chi connectivity index (χ4n) is 0.296. The number of rotatable bonds is 1. The maximum absolute atomic E-state index is 7.05. The average Bonchev–Trinajstić information content (AvgIpc) is 1.64. The highest BCUT2D eigenvalue weighted by Gasteiger charge is 1.94. The molecule has 0 amide bonds. The normalized spacial score (nSPS) is 12.9. The first-order chi connectivity index (χ1) is 3.55. The van der Waals surface area contributed by atoms with Gasteiger partial charge < -0.3 is 11.1 Å². The van der Waals surface area contributed by atoms with Gasteiger partial charge in [-0.3, -0.25) is 0 Å². The topological polar surface area (TPSA) is 49.9 Å². The van der Waals surface area contributed by atoms with Crippen molar-refractivity contribution in [2.45, 2.75) is 13.8 Å². The third-order valence-electron chi connectivity index (χ3n) is 0.675. The fourth-order valence-corrected chi connectivity index (χ4v) is 0.296. The standard InChI is InChI=1S/C5H9BrN2/c1-3(7)5(6)4(2)8/h7H,8H2,1-2H3/b5-4+,7-3?. The van der Waals surface area contributed by atoms with Gasteiger partial charge in [-0.1, -0.05) is 0 Å². The van der Waals surface area contributed by atoms with Crippen molar-refractivity contribution in [2.75, 3.05) is 0 Å². The quantitative estimate of drug-likeness (QED) is 0.587. The largest absolute Gasteiger partial charge is 0.401 e. The van der Waals surface area contributed by atoms with Gasteiger partial charge in [-0.2, -0.15) is 0 Å². The molecule has 2 nitrogen and oxygen atoms in total. The average molecular weight is 177 g/mol. The minimum absolute atomic E-state index is 0.463. The predicted octanol–water partition coefficient (Wildman–Crippen LogP) is 1.61. The Labute approximate surface area is 57.4 Å². The number of halogens is 1. The smallest absolute Gasteiger partial charge is 0.0564 e. The van der Waals surface area contributed by atoms with Crippen molar-refractivity contribution in [3.63, 3.8) is 0 Å². The Hall–Kier alpha value is -0.310. The van der Waals surface area contributed by atoms with Gasteiger partial charge in [0.05, 0.1) is 4.48 Å². The van der Waals surface area contributed by atoms with E-state index in [0.29, 0.717) is 15.9 Å². The molecule has 0 radical (unpaired) electrons. The third-order valence-corrected chi connectivity index (χ3v) is 1.90. The van der Waals surface area contributed by atoms with E-state index in [4.69, 9.17) is 11.1 Å². The number of allylic oxidation sites excluding steroid dienone is 2. The molecule has 0 heterocycles. The van der Waals surface area contributed by atoms with E-state index in [1.54, 1.807) is 13.8 Å². The molecule has 3 heteroatoms. The molecular formula is C5H9BrN2. The maximum atomic E-state index is 7.05. The van der Waals surface area contributed by atoms with Crippen LogP contribution in [0.4, 0.5) is 0 Å². The molecule has 46 valence electrons. The van der Waals surface area contributed by atoms with Crippen molar-refractivity contribution >= 4 is 21.6 Å². The molecule has 0 bridgehead atoms. The van der Waals surface area contributed by atoms with Crippen LogP contribution in [0.3, 0.4) is 0 Å². The van der Waals surface area contributed by atoms with Gasteiger partial charge in [0.2, 0.25) is 0 Å². The second-order valence-electron chi connectivity index (χ2n) is 1.62. The molecule has 3 N–H and O–H groups in total. The van der Waals surface area contributed by atoms with E-state index in [1.807, 2.05) is 0 Å². The molecule has 0 rings (SSSR count). The maximum Gasteiger partial charge on any atom is 0.0564 e. The molecule has 0 aliphatic rings. The van der Waals surface area contributed by atoms with Gasteiger partial charge in [-0.25, -0.2) is 0 Å². The minimum atomic E-state index is 0.463. The summed E-state index contributed by atoms with van der Waals surface area (Å²) in [5.74, 6) is 0. The molecule has 8 heavy (non-hydrogen) atoms. The van der Waals surface area contributed by atoms with E-state index < -0.39 is 0 Å². The second-order valence-corrected chi connectivity index (χ2v) is 2.41. The van der Waals surface area contributed by atoms with E-state index in [9.17, 15) is 0 Å². The van der Waals surface area contributed by atoms with E-state index in [1.165, 1.54) is 0 Å². The van der Waals surface area contributed by atoms with Crippen LogP contribution in [-0.4, -0.2) is 5.71 Å². The van der Waals surface area contributed by atoms with Crippen LogP contribution in [0.5, 0.6) is 0 Å². The summed E-state index contributed by atoms with van der Waals surface area (Å²) >= 11 is 3.14. The summed E-state index contributed by atoms with van der Waals surface area (Å²) < 4.78 is 0.692. The minimum Gasteiger partial charge on any atom is -0.401 e. The van der Waals surface area contributed by atoms with Crippen LogP contribution in [0, 0.1) is 5.41 Å². The van der Waals surface area contributed by atoms with Gasteiger partial charge in [0.1, 0.15) is 0 Å². The summed E-state index contributed by atoms with van der Waals surface area (Å²) in [6.45, 7) is 3.43. The molecule has 0 saturated heterocycles. The van der Waals surface area contributed by atoms with Gasteiger partial charge in [-0.05, 0) is 29.8 Å². The molecule has 0 aliphatic carbocycles. The molecule has 0 aliphatic heterocycles. The second kappa shape index (κ2) is 2.87. The SMILES string of the molecule is CC(=N)/C(Br)=C(/C)N. The zero-order valence-corrected chi connectivity index (χ0v) is 6.54. The Morgan fingerprint density at radius 3 is 1.88 bits per heavy atom. The van der Waals surface area contributed by atoms with Gasteiger partial charge in [0.15, 0.2) is 0 Å². The highest BCUT2D eigenvalue weighted by Crippen LogP contribution is 2.07. The van der Waals surface area contributed by atoms with E-state index in [-0.39, 0.29) is 0 Å². The van der Waals surface area contributed by atoms with Crippen LogP contribution in [-0.2, 0) is 0 Å². The number of nitrogens with two attached hydrogens (primary N) is 1. The summed E-state index contributed by atoms with van der Waals surface area (Å²) in [7, 11) is 0. The fraction of sp³-hybridized carbons (Fsp3) is 0.400. The van der Waals surface area contributed by atoms with Crippen molar-refractivity contribution in [3.8, 4) is 0 Å². The van der Waals surface area contributed by atoms with Crippen LogP contribution in [0.15, 0.2) is 10.2 Å². The molecule has 0 unspecified atom stereocenters. The third kappa shape index (κ3) is 2.12. The molecule has 0 spiro atoms. The van der Waals surface area contributed by atoms with Crippen LogP contribution >= 0.6 is 15.9 Å². The molecule has 0 aromatic heterocycles. The molecule has 0 fully saturated rings. The molecule has 0 atom stereocenters. The summed E-state index contributed by atoms with van der Waals surface area (Å²) in [6, 6.07) is 0. The van der Waals surface area contributed by atoms with E-state index >= 15 is 0 Å². The lowest BCUT2D eigenvalue weighted by atomic mass is 10.3. The zero-order valence-electron chi connectivity index (χ0n) is 4.96. The van der Waals surface area contributed by atoms with Crippen LogP contribution in [0.2, 0.25) is 0 Å². The Morgan fingerprint density at radius 1 is 1.50 bits per heavy atom. The van der Waals surface area contributed by atoms with E-state index in [0.717, 1.165) is 0 Å². The predicted molar refractivity (Wildman–Crippen MR) is 39.2 cm³/mol. The lowest BCUT2D eigenvalue weighted by Crippen LogP contribution is -1.98. The van der Waals surface area contributed by atoms with Gasteiger partial charge in [0, 0.05) is 11.4 Å². The lowest BCUT2D eigenvalue weighted by molar-refractivity contribution is 1.31. The monoisotopic (exact) mass is 176 g/mol. The number of hydrogen-bond donors (Lipinski definition) is 2. The summed E-state index contributed by atoms with van der Waals surface area (Å²) in [5, 5.41) is 7.05. The lowest BCUT2D eigenvalue weighted by Gasteiger charge is -1.95. The Balaban J connectivity index is 4.23.